The lowest BCUT2D eigenvalue weighted by Crippen LogP contribution is -2.29. The molecule has 3 N–H and O–H groups in total. The van der Waals surface area contributed by atoms with Crippen LogP contribution in [0.15, 0.2) is 16.6 Å². The second-order valence-corrected chi connectivity index (χ2v) is 4.15. The minimum Gasteiger partial charge on any atom is -0.493 e. The van der Waals surface area contributed by atoms with Crippen molar-refractivity contribution in [1.29, 1.82) is 0 Å². The van der Waals surface area contributed by atoms with Crippen LogP contribution in [0.1, 0.15) is 5.56 Å². The Kier molecular flexibility index (Phi) is 7.73. The summed E-state index contributed by atoms with van der Waals surface area (Å²) in [7, 11) is 3.13. The van der Waals surface area contributed by atoms with E-state index in [1.54, 1.807) is 20.3 Å². The standard InChI is InChI=1S/C11H15BrN2O3.ClH/c1-16-9-4-7(6-14-10(15)5-13)3-8(12)11(9)17-2;/h3-4H,5-6,13H2,1-2H3,(H,14,15);1H. The summed E-state index contributed by atoms with van der Waals surface area (Å²) in [6, 6.07) is 3.67. The van der Waals surface area contributed by atoms with E-state index in [-0.39, 0.29) is 24.9 Å². The molecule has 0 unspecified atom stereocenters. The van der Waals surface area contributed by atoms with Gasteiger partial charge in [0.25, 0.3) is 0 Å². The number of nitrogens with one attached hydrogen (secondary N) is 1. The summed E-state index contributed by atoms with van der Waals surface area (Å²) in [6.07, 6.45) is 0. The van der Waals surface area contributed by atoms with E-state index in [0.29, 0.717) is 18.0 Å². The van der Waals surface area contributed by atoms with Crippen LogP contribution in [0, 0.1) is 0 Å². The van der Waals surface area contributed by atoms with Crippen molar-refractivity contribution in [3.63, 3.8) is 0 Å². The largest absolute Gasteiger partial charge is 0.493 e. The molecule has 1 aromatic carbocycles. The molecule has 18 heavy (non-hydrogen) atoms. The number of nitrogens with two attached hydrogens (primary N) is 1. The molecule has 7 heteroatoms. The van der Waals surface area contributed by atoms with E-state index in [1.807, 2.05) is 6.07 Å². The van der Waals surface area contributed by atoms with Gasteiger partial charge in [0.2, 0.25) is 5.91 Å². The van der Waals surface area contributed by atoms with Crippen molar-refractivity contribution in [3.8, 4) is 11.5 Å². The highest BCUT2D eigenvalue weighted by molar-refractivity contribution is 9.10. The van der Waals surface area contributed by atoms with E-state index in [1.165, 1.54) is 0 Å². The van der Waals surface area contributed by atoms with Crippen LogP contribution in [0.4, 0.5) is 0 Å². The van der Waals surface area contributed by atoms with Crippen LogP contribution < -0.4 is 20.5 Å². The van der Waals surface area contributed by atoms with Crippen molar-refractivity contribution in [2.24, 2.45) is 5.73 Å². The Morgan fingerprint density at radius 2 is 2.06 bits per heavy atom. The lowest BCUT2D eigenvalue weighted by atomic mass is 10.2. The van der Waals surface area contributed by atoms with Gasteiger partial charge in [-0.05, 0) is 33.6 Å². The maximum atomic E-state index is 11.0. The fourth-order valence-electron chi connectivity index (χ4n) is 1.35. The Morgan fingerprint density at radius 1 is 1.39 bits per heavy atom. The van der Waals surface area contributed by atoms with E-state index < -0.39 is 0 Å². The third-order valence-corrected chi connectivity index (χ3v) is 2.76. The molecule has 0 spiro atoms. The molecule has 0 bridgehead atoms. The minimum atomic E-state index is -0.198. The first-order valence-corrected chi connectivity index (χ1v) is 5.78. The predicted molar refractivity (Wildman–Crippen MR) is 75.4 cm³/mol. The van der Waals surface area contributed by atoms with Crippen molar-refractivity contribution in [2.75, 3.05) is 20.8 Å². The maximum Gasteiger partial charge on any atom is 0.234 e. The van der Waals surface area contributed by atoms with Gasteiger partial charge in [0, 0.05) is 6.54 Å². The molecule has 0 atom stereocenters. The topological polar surface area (TPSA) is 73.6 Å². The van der Waals surface area contributed by atoms with Gasteiger partial charge in [-0.2, -0.15) is 0 Å². The third kappa shape index (κ3) is 4.36. The summed E-state index contributed by atoms with van der Waals surface area (Å²) in [5.41, 5.74) is 6.10. The Hall–Kier alpha value is -0.980. The molecule has 0 aromatic heterocycles. The average Bonchev–Trinajstić information content (AvgIpc) is 2.34. The lowest BCUT2D eigenvalue weighted by molar-refractivity contribution is -0.119. The molecule has 1 rings (SSSR count). The molecule has 5 nitrogen and oxygen atoms in total. The molecule has 0 aliphatic carbocycles. The van der Waals surface area contributed by atoms with Gasteiger partial charge in [-0.25, -0.2) is 0 Å². The highest BCUT2D eigenvalue weighted by Gasteiger charge is 2.10. The summed E-state index contributed by atoms with van der Waals surface area (Å²) in [6.45, 7) is 0.378. The molecular weight excluding hydrogens is 323 g/mol. The Labute approximate surface area is 121 Å². The van der Waals surface area contributed by atoms with Gasteiger partial charge >= 0.3 is 0 Å². The molecular formula is C11H16BrClN2O3. The lowest BCUT2D eigenvalue weighted by Gasteiger charge is -2.12. The average molecular weight is 340 g/mol. The second kappa shape index (κ2) is 8.18. The summed E-state index contributed by atoms with van der Waals surface area (Å²) in [5.74, 6) is 1.04. The van der Waals surface area contributed by atoms with Crippen molar-refractivity contribution >= 4 is 34.2 Å². The zero-order valence-electron chi connectivity index (χ0n) is 10.2. The van der Waals surface area contributed by atoms with Crippen LogP contribution in [0.3, 0.4) is 0 Å². The van der Waals surface area contributed by atoms with Crippen LogP contribution >= 0.6 is 28.3 Å². The van der Waals surface area contributed by atoms with Crippen molar-refractivity contribution in [1.82, 2.24) is 5.32 Å². The zero-order chi connectivity index (χ0) is 12.8. The molecule has 0 fully saturated rings. The fraction of sp³-hybridized carbons (Fsp3) is 0.364. The van der Waals surface area contributed by atoms with Crippen LogP contribution in [-0.4, -0.2) is 26.7 Å². The summed E-state index contributed by atoms with van der Waals surface area (Å²) in [5, 5.41) is 2.68. The fourth-order valence-corrected chi connectivity index (χ4v) is 2.00. The molecule has 0 aliphatic heterocycles. The van der Waals surface area contributed by atoms with E-state index >= 15 is 0 Å². The van der Waals surface area contributed by atoms with Crippen molar-refractivity contribution in [3.05, 3.63) is 22.2 Å². The number of halogens is 2. The molecule has 0 heterocycles. The molecule has 0 aliphatic rings. The number of amides is 1. The highest BCUT2D eigenvalue weighted by atomic mass is 79.9. The highest BCUT2D eigenvalue weighted by Crippen LogP contribution is 2.36. The number of methoxy groups -OCH3 is 2. The monoisotopic (exact) mass is 338 g/mol. The smallest absolute Gasteiger partial charge is 0.234 e. The third-order valence-electron chi connectivity index (χ3n) is 2.17. The molecule has 0 saturated heterocycles. The van der Waals surface area contributed by atoms with Crippen LogP contribution in [0.25, 0.3) is 0 Å². The Morgan fingerprint density at radius 3 is 2.56 bits per heavy atom. The SMILES string of the molecule is COc1cc(CNC(=O)CN)cc(Br)c1OC.Cl. The van der Waals surface area contributed by atoms with Crippen LogP contribution in [-0.2, 0) is 11.3 Å². The van der Waals surface area contributed by atoms with Gasteiger partial charge in [0.05, 0.1) is 25.2 Å². The first-order valence-electron chi connectivity index (χ1n) is 4.99. The second-order valence-electron chi connectivity index (χ2n) is 3.29. The van der Waals surface area contributed by atoms with Crippen molar-refractivity contribution < 1.29 is 14.3 Å². The van der Waals surface area contributed by atoms with E-state index in [4.69, 9.17) is 15.2 Å². The number of rotatable bonds is 5. The number of hydrogen-bond donors (Lipinski definition) is 2. The van der Waals surface area contributed by atoms with Crippen LogP contribution in [0.5, 0.6) is 11.5 Å². The Bertz CT molecular complexity index is 416. The number of carbonyl (C=O) groups is 1. The van der Waals surface area contributed by atoms with E-state index in [2.05, 4.69) is 21.2 Å². The molecule has 0 saturated carbocycles. The van der Waals surface area contributed by atoms with Gasteiger partial charge < -0.3 is 20.5 Å². The first-order chi connectivity index (χ1) is 8.12. The molecule has 1 aromatic rings. The van der Waals surface area contributed by atoms with E-state index in [0.717, 1.165) is 10.0 Å². The number of carbonyl (C=O) groups excluding carboxylic acids is 1. The van der Waals surface area contributed by atoms with Gasteiger partial charge in [0.1, 0.15) is 0 Å². The first kappa shape index (κ1) is 17.0. The maximum absolute atomic E-state index is 11.0. The number of hydrogen-bond acceptors (Lipinski definition) is 4. The zero-order valence-corrected chi connectivity index (χ0v) is 12.6. The van der Waals surface area contributed by atoms with Gasteiger partial charge in [-0.3, -0.25) is 4.79 Å². The molecule has 1 amide bonds. The Balaban J connectivity index is 0.00000289. The molecule has 102 valence electrons. The minimum absolute atomic E-state index is 0. The quantitative estimate of drug-likeness (QED) is 0.852. The number of benzene rings is 1. The van der Waals surface area contributed by atoms with Gasteiger partial charge in [-0.1, -0.05) is 0 Å². The predicted octanol–water partition coefficient (Wildman–Crippen LogP) is 1.46. The van der Waals surface area contributed by atoms with Gasteiger partial charge in [-0.15, -0.1) is 12.4 Å². The van der Waals surface area contributed by atoms with Crippen LogP contribution in [0.2, 0.25) is 0 Å². The number of ether oxygens (including phenoxy) is 2. The summed E-state index contributed by atoms with van der Waals surface area (Å²) in [4.78, 5) is 11.0. The molecule has 0 radical (unpaired) electrons. The summed E-state index contributed by atoms with van der Waals surface area (Å²) >= 11 is 3.38. The normalized spacial score (nSPS) is 9.33. The van der Waals surface area contributed by atoms with Crippen molar-refractivity contribution in [2.45, 2.75) is 6.54 Å². The van der Waals surface area contributed by atoms with E-state index in [9.17, 15) is 4.79 Å². The summed E-state index contributed by atoms with van der Waals surface area (Å²) < 4.78 is 11.2. The van der Waals surface area contributed by atoms with Gasteiger partial charge in [0.15, 0.2) is 11.5 Å².